The van der Waals surface area contributed by atoms with Crippen molar-refractivity contribution in [1.29, 1.82) is 0 Å². The number of benzene rings is 1. The smallest absolute Gasteiger partial charge is 0.0380 e. The minimum atomic E-state index is 1.16. The molecule has 1 heterocycles. The number of thiophene rings is 1. The third-order valence-corrected chi connectivity index (χ3v) is 4.47. The molecule has 0 aliphatic heterocycles. The van der Waals surface area contributed by atoms with Crippen molar-refractivity contribution in [3.05, 3.63) is 33.7 Å². The molecule has 1 aromatic carbocycles. The van der Waals surface area contributed by atoms with Crippen LogP contribution in [0.5, 0.6) is 0 Å². The highest BCUT2D eigenvalue weighted by Crippen LogP contribution is 2.35. The highest BCUT2D eigenvalue weighted by molar-refractivity contribution is 7.19. The third-order valence-electron chi connectivity index (χ3n) is 2.90. The Labute approximate surface area is 89.6 Å². The zero-order valence-electron chi connectivity index (χ0n) is 9.27. The van der Waals surface area contributed by atoms with Gasteiger partial charge in [-0.25, -0.2) is 0 Å². The average Bonchev–Trinajstić information content (AvgIpc) is 2.51. The second-order valence-electron chi connectivity index (χ2n) is 3.91. The number of hydrogen-bond acceptors (Lipinski definition) is 1. The van der Waals surface area contributed by atoms with Crippen molar-refractivity contribution in [3.63, 3.8) is 0 Å². The lowest BCUT2D eigenvalue weighted by Gasteiger charge is -2.00. The average molecular weight is 204 g/mol. The van der Waals surface area contributed by atoms with Crippen molar-refractivity contribution in [2.75, 3.05) is 0 Å². The van der Waals surface area contributed by atoms with Gasteiger partial charge in [-0.1, -0.05) is 19.1 Å². The molecule has 14 heavy (non-hydrogen) atoms. The molecular weight excluding hydrogens is 188 g/mol. The van der Waals surface area contributed by atoms with Gasteiger partial charge in [0.2, 0.25) is 0 Å². The fraction of sp³-hybridized carbons (Fsp3) is 0.385. The molecule has 2 aromatic rings. The standard InChI is InChI=1S/C13H16S/c1-5-11-10(4)12-8(2)6-7-9(3)13(12)14-11/h6-7H,5H2,1-4H3. The Hall–Kier alpha value is -0.820. The number of rotatable bonds is 1. The van der Waals surface area contributed by atoms with Crippen molar-refractivity contribution in [3.8, 4) is 0 Å². The van der Waals surface area contributed by atoms with Crippen molar-refractivity contribution >= 4 is 21.4 Å². The van der Waals surface area contributed by atoms with E-state index in [1.807, 2.05) is 11.3 Å². The van der Waals surface area contributed by atoms with Crippen LogP contribution >= 0.6 is 11.3 Å². The van der Waals surface area contributed by atoms with E-state index in [1.165, 1.54) is 31.7 Å². The Bertz CT molecular complexity index is 477. The van der Waals surface area contributed by atoms with E-state index >= 15 is 0 Å². The highest BCUT2D eigenvalue weighted by atomic mass is 32.1. The minimum Gasteiger partial charge on any atom is -0.140 e. The van der Waals surface area contributed by atoms with Gasteiger partial charge in [0.25, 0.3) is 0 Å². The molecule has 1 aromatic heterocycles. The van der Waals surface area contributed by atoms with Crippen LogP contribution < -0.4 is 0 Å². The molecule has 0 saturated heterocycles. The fourth-order valence-corrected chi connectivity index (χ4v) is 3.35. The topological polar surface area (TPSA) is 0 Å². The molecule has 0 radical (unpaired) electrons. The van der Waals surface area contributed by atoms with Gasteiger partial charge in [-0.3, -0.25) is 0 Å². The van der Waals surface area contributed by atoms with Crippen molar-refractivity contribution in [1.82, 2.24) is 0 Å². The van der Waals surface area contributed by atoms with Crippen LogP contribution in [-0.4, -0.2) is 0 Å². The molecule has 1 heteroatoms. The molecule has 0 spiro atoms. The van der Waals surface area contributed by atoms with Crippen LogP contribution in [0.25, 0.3) is 10.1 Å². The van der Waals surface area contributed by atoms with E-state index in [1.54, 1.807) is 0 Å². The minimum absolute atomic E-state index is 1.16. The van der Waals surface area contributed by atoms with E-state index in [0.29, 0.717) is 0 Å². The van der Waals surface area contributed by atoms with Crippen LogP contribution in [-0.2, 0) is 6.42 Å². The first-order chi connectivity index (χ1) is 6.65. The molecule has 0 fully saturated rings. The summed E-state index contributed by atoms with van der Waals surface area (Å²) in [6.07, 6.45) is 1.16. The van der Waals surface area contributed by atoms with Crippen LogP contribution in [0, 0.1) is 20.8 Å². The maximum Gasteiger partial charge on any atom is 0.0380 e. The van der Waals surface area contributed by atoms with Crippen LogP contribution in [0.15, 0.2) is 12.1 Å². The number of fused-ring (bicyclic) bond motifs is 1. The molecule has 0 aliphatic rings. The van der Waals surface area contributed by atoms with E-state index in [9.17, 15) is 0 Å². The lowest BCUT2D eigenvalue weighted by molar-refractivity contribution is 1.16. The van der Waals surface area contributed by atoms with Gasteiger partial charge in [-0.15, -0.1) is 11.3 Å². The molecule has 0 amide bonds. The van der Waals surface area contributed by atoms with E-state index in [-0.39, 0.29) is 0 Å². The second kappa shape index (κ2) is 3.39. The first-order valence-corrected chi connectivity index (χ1v) is 5.95. The van der Waals surface area contributed by atoms with Gasteiger partial charge in [0.05, 0.1) is 0 Å². The maximum absolute atomic E-state index is 2.25. The predicted molar refractivity (Wildman–Crippen MR) is 65.4 cm³/mol. The maximum atomic E-state index is 2.25. The van der Waals surface area contributed by atoms with Gasteiger partial charge in [-0.2, -0.15) is 0 Å². The summed E-state index contributed by atoms with van der Waals surface area (Å²) in [6.45, 7) is 8.91. The lowest BCUT2D eigenvalue weighted by atomic mass is 10.0. The Morgan fingerprint density at radius 1 is 1.07 bits per heavy atom. The first-order valence-electron chi connectivity index (χ1n) is 5.13. The summed E-state index contributed by atoms with van der Waals surface area (Å²) in [7, 11) is 0. The summed E-state index contributed by atoms with van der Waals surface area (Å²) in [6, 6.07) is 4.46. The molecule has 0 atom stereocenters. The summed E-state index contributed by atoms with van der Waals surface area (Å²) in [5.41, 5.74) is 4.33. The van der Waals surface area contributed by atoms with Gasteiger partial charge >= 0.3 is 0 Å². The molecule has 2 rings (SSSR count). The van der Waals surface area contributed by atoms with Crippen LogP contribution in [0.2, 0.25) is 0 Å². The normalized spacial score (nSPS) is 11.1. The zero-order valence-corrected chi connectivity index (χ0v) is 10.1. The monoisotopic (exact) mass is 204 g/mol. The summed E-state index contributed by atoms with van der Waals surface area (Å²) >= 11 is 1.96. The molecule has 0 aliphatic carbocycles. The van der Waals surface area contributed by atoms with Crippen molar-refractivity contribution in [2.45, 2.75) is 34.1 Å². The van der Waals surface area contributed by atoms with E-state index in [2.05, 4.69) is 39.8 Å². The van der Waals surface area contributed by atoms with Crippen molar-refractivity contribution in [2.24, 2.45) is 0 Å². The van der Waals surface area contributed by atoms with E-state index in [4.69, 9.17) is 0 Å². The second-order valence-corrected chi connectivity index (χ2v) is 5.01. The Kier molecular flexibility index (Phi) is 2.36. The number of aryl methyl sites for hydroxylation is 4. The Balaban J connectivity index is 2.90. The van der Waals surface area contributed by atoms with Gasteiger partial charge in [0, 0.05) is 9.58 Å². The van der Waals surface area contributed by atoms with Crippen LogP contribution in [0.1, 0.15) is 28.5 Å². The third kappa shape index (κ3) is 1.27. The summed E-state index contributed by atoms with van der Waals surface area (Å²) < 4.78 is 1.49. The summed E-state index contributed by atoms with van der Waals surface area (Å²) in [5.74, 6) is 0. The lowest BCUT2D eigenvalue weighted by Crippen LogP contribution is -1.81. The number of hydrogen-bond donors (Lipinski definition) is 0. The molecule has 0 saturated carbocycles. The molecular formula is C13H16S. The van der Waals surface area contributed by atoms with Gasteiger partial charge < -0.3 is 0 Å². The highest BCUT2D eigenvalue weighted by Gasteiger charge is 2.10. The molecule has 0 bridgehead atoms. The fourth-order valence-electron chi connectivity index (χ4n) is 2.06. The zero-order chi connectivity index (χ0) is 10.3. The van der Waals surface area contributed by atoms with E-state index < -0.39 is 0 Å². The summed E-state index contributed by atoms with van der Waals surface area (Å²) in [5, 5.41) is 1.49. The van der Waals surface area contributed by atoms with Crippen LogP contribution in [0.3, 0.4) is 0 Å². The van der Waals surface area contributed by atoms with Gasteiger partial charge in [0.15, 0.2) is 0 Å². The van der Waals surface area contributed by atoms with Gasteiger partial charge in [-0.05, 0) is 49.3 Å². The largest absolute Gasteiger partial charge is 0.140 e. The molecule has 0 unspecified atom stereocenters. The quantitative estimate of drug-likeness (QED) is 0.646. The Morgan fingerprint density at radius 2 is 1.71 bits per heavy atom. The predicted octanol–water partition coefficient (Wildman–Crippen LogP) is 4.39. The van der Waals surface area contributed by atoms with Crippen molar-refractivity contribution < 1.29 is 0 Å². The SMILES string of the molecule is CCc1sc2c(C)ccc(C)c2c1C. The van der Waals surface area contributed by atoms with Crippen LogP contribution in [0.4, 0.5) is 0 Å². The molecule has 0 N–H and O–H groups in total. The summed E-state index contributed by atoms with van der Waals surface area (Å²) in [4.78, 5) is 1.54. The Morgan fingerprint density at radius 3 is 2.29 bits per heavy atom. The molecule has 74 valence electrons. The van der Waals surface area contributed by atoms with Gasteiger partial charge in [0.1, 0.15) is 0 Å². The van der Waals surface area contributed by atoms with E-state index in [0.717, 1.165) is 6.42 Å². The first kappa shape index (κ1) is 9.72. The molecule has 0 nitrogen and oxygen atoms in total.